The van der Waals surface area contributed by atoms with Gasteiger partial charge in [-0.25, -0.2) is 9.59 Å². The number of Topliss-reactive ketones (excluding diaryl/α,β-unsaturated/α-hetero) is 1. The van der Waals surface area contributed by atoms with E-state index in [4.69, 9.17) is 33.2 Å². The normalized spacial score (nSPS) is 34.7. The van der Waals surface area contributed by atoms with Crippen LogP contribution in [0.15, 0.2) is 78.9 Å². The Morgan fingerprint density at radius 1 is 0.814 bits per heavy atom. The lowest BCUT2D eigenvalue weighted by Crippen LogP contribution is -2.81. The first kappa shape index (κ1) is 42.9. The molecule has 0 aromatic heterocycles. The lowest BCUT2D eigenvalue weighted by atomic mass is 9.43. The van der Waals surface area contributed by atoms with Gasteiger partial charge in [-0.05, 0) is 36.3 Å². The fourth-order valence-corrected chi connectivity index (χ4v) is 9.88. The number of ketones is 1. The van der Waals surface area contributed by atoms with Crippen molar-refractivity contribution in [2.24, 2.45) is 22.7 Å². The van der Waals surface area contributed by atoms with E-state index >= 15 is 0 Å². The second-order valence-corrected chi connectivity index (χ2v) is 16.0. The Hall–Kier alpha value is -5.67. The first-order valence-corrected chi connectivity index (χ1v) is 19.2. The van der Waals surface area contributed by atoms with Crippen molar-refractivity contribution >= 4 is 47.7 Å². The maximum atomic E-state index is 14.4. The summed E-state index contributed by atoms with van der Waals surface area (Å²) in [5, 5.41) is 13.4. The first-order chi connectivity index (χ1) is 27.8. The number of benzene rings is 2. The Morgan fingerprint density at radius 2 is 1.39 bits per heavy atom. The van der Waals surface area contributed by atoms with E-state index in [9.17, 15) is 38.7 Å². The van der Waals surface area contributed by atoms with Gasteiger partial charge in [-0.1, -0.05) is 62.0 Å². The molecule has 6 rings (SSSR count). The quantitative estimate of drug-likeness (QED) is 0.156. The summed E-state index contributed by atoms with van der Waals surface area (Å²) >= 11 is 0. The fourth-order valence-electron chi connectivity index (χ4n) is 9.88. The number of carbonyl (C=O) groups is 7. The second kappa shape index (κ2) is 16.2. The molecule has 3 aliphatic carbocycles. The van der Waals surface area contributed by atoms with Gasteiger partial charge in [0.1, 0.15) is 30.5 Å². The van der Waals surface area contributed by atoms with E-state index < -0.39 is 119 Å². The van der Waals surface area contributed by atoms with Crippen molar-refractivity contribution < 1.29 is 71.8 Å². The first-order valence-electron chi connectivity index (χ1n) is 19.2. The van der Waals surface area contributed by atoms with Crippen molar-refractivity contribution in [3.05, 3.63) is 90.0 Å². The number of rotatable bonds is 10. The molecule has 0 radical (unpaired) electrons. The fraction of sp³-hybridized carbons (Fsp3) is 0.477. The van der Waals surface area contributed by atoms with Crippen LogP contribution in [0.3, 0.4) is 0 Å². The Kier molecular flexibility index (Phi) is 11.8. The largest absolute Gasteiger partial charge is 0.462 e. The summed E-state index contributed by atoms with van der Waals surface area (Å²) in [5.74, 6) is -8.70. The van der Waals surface area contributed by atoms with Crippen molar-refractivity contribution in [2.45, 2.75) is 96.1 Å². The number of aliphatic hydroxyl groups is 1. The van der Waals surface area contributed by atoms with Gasteiger partial charge >= 0.3 is 35.8 Å². The van der Waals surface area contributed by atoms with Crippen molar-refractivity contribution in [1.29, 1.82) is 0 Å². The van der Waals surface area contributed by atoms with Crippen LogP contribution >= 0.6 is 0 Å². The highest BCUT2D eigenvalue weighted by molar-refractivity contribution is 5.92. The summed E-state index contributed by atoms with van der Waals surface area (Å²) in [6, 6.07) is 16.8. The Balaban J connectivity index is 1.65. The molecule has 4 aliphatic rings. The van der Waals surface area contributed by atoms with Crippen LogP contribution in [0, 0.1) is 22.7 Å². The predicted octanol–water partition coefficient (Wildman–Crippen LogP) is 3.89. The molecule has 3 saturated carbocycles. The number of ether oxygens (including phenoxy) is 7. The van der Waals surface area contributed by atoms with E-state index in [0.717, 1.165) is 27.7 Å². The van der Waals surface area contributed by atoms with Crippen LogP contribution < -0.4 is 0 Å². The smallest absolute Gasteiger partial charge is 0.338 e. The van der Waals surface area contributed by atoms with Gasteiger partial charge in [-0.3, -0.25) is 24.0 Å². The molecule has 59 heavy (non-hydrogen) atoms. The predicted molar refractivity (Wildman–Crippen MR) is 205 cm³/mol. The second-order valence-electron chi connectivity index (χ2n) is 16.0. The van der Waals surface area contributed by atoms with Crippen LogP contribution in [-0.2, 0) is 61.9 Å². The molecule has 4 fully saturated rings. The zero-order valence-electron chi connectivity index (χ0n) is 33.7. The molecule has 0 unspecified atom stereocenters. The van der Waals surface area contributed by atoms with Crippen LogP contribution in [-0.4, -0.2) is 102 Å². The summed E-state index contributed by atoms with van der Waals surface area (Å²) < 4.78 is 42.7. The molecule has 15 heteroatoms. The molecule has 1 heterocycles. The molecule has 0 spiro atoms. The third kappa shape index (κ3) is 7.35. The third-order valence-electron chi connectivity index (χ3n) is 12.5. The number of hydrogen-bond acceptors (Lipinski definition) is 15. The van der Waals surface area contributed by atoms with Crippen molar-refractivity contribution in [3.8, 4) is 0 Å². The Morgan fingerprint density at radius 3 is 1.98 bits per heavy atom. The van der Waals surface area contributed by atoms with E-state index in [-0.39, 0.29) is 24.2 Å². The van der Waals surface area contributed by atoms with Gasteiger partial charge in [0.2, 0.25) is 0 Å². The van der Waals surface area contributed by atoms with Crippen LogP contribution in [0.4, 0.5) is 0 Å². The summed E-state index contributed by atoms with van der Waals surface area (Å²) in [6.45, 7) is 10.4. The molecule has 4 bridgehead atoms. The third-order valence-corrected chi connectivity index (χ3v) is 12.5. The summed E-state index contributed by atoms with van der Waals surface area (Å²) in [5.41, 5.74) is -7.59. The molecule has 1 saturated heterocycles. The summed E-state index contributed by atoms with van der Waals surface area (Å²) in [7, 11) is 0. The van der Waals surface area contributed by atoms with Crippen molar-refractivity contribution in [3.63, 3.8) is 0 Å². The molecule has 314 valence electrons. The molecule has 1 aliphatic heterocycles. The van der Waals surface area contributed by atoms with Crippen LogP contribution in [0.5, 0.6) is 0 Å². The Labute approximate surface area is 340 Å². The lowest BCUT2D eigenvalue weighted by Gasteiger charge is -2.65. The minimum atomic E-state index is -2.54. The monoisotopic (exact) mass is 816 g/mol. The molecule has 2 aromatic rings. The number of fused-ring (bicyclic) bond motifs is 1. The van der Waals surface area contributed by atoms with Crippen LogP contribution in [0.1, 0.15) is 70.3 Å². The number of hydrogen-bond donors (Lipinski definition) is 1. The van der Waals surface area contributed by atoms with Gasteiger partial charge in [-0.2, -0.15) is 0 Å². The SMILES string of the molecule is C=C1[C@@H](OC(=O)/C=C\c2ccccc2)C[C@H](OC(C)=O)[C@@]2(COC(=O)c3ccccc3)[C@@H](OC(C)=O)[C@H](OC(C)=O)[C@]3(O)[C@@]4(C)CO[C@]3(C)C(=O)C[C@H]4[C@@H](OC(C)=O)[C@H]12. The highest BCUT2D eigenvalue weighted by atomic mass is 16.6. The molecule has 2 aromatic carbocycles. The molecular weight excluding hydrogens is 768 g/mol. The lowest BCUT2D eigenvalue weighted by molar-refractivity contribution is -0.302. The molecule has 0 amide bonds. The maximum absolute atomic E-state index is 14.4. The number of esters is 6. The Bertz CT molecular complexity index is 2060. The van der Waals surface area contributed by atoms with Gasteiger partial charge < -0.3 is 38.3 Å². The van der Waals surface area contributed by atoms with E-state index in [1.54, 1.807) is 49.4 Å². The van der Waals surface area contributed by atoms with Crippen molar-refractivity contribution in [2.75, 3.05) is 13.2 Å². The standard InChI is InChI=1S/C44H48O15/c1-24-32(59-35(50)19-18-29-14-10-8-11-15-29)21-34(55-25(2)45)43(23-53-40(51)30-16-12-9-13-17-30)36(24)37(56-26(3)46)31-20-33(49)42(7)44(52,41(31,6)22-54-42)39(58-28(5)48)38(43)57-27(4)47/h8-19,31-32,34,36-39,52H,1,20-23H2,2-7H3/b19-18-/t31-,32-,34-,36-,37+,38-,39-,41-,42+,43+,44-/m0/s1. The summed E-state index contributed by atoms with van der Waals surface area (Å²) in [4.78, 5) is 95.0. The average Bonchev–Trinajstić information content (AvgIpc) is 3.32. The van der Waals surface area contributed by atoms with E-state index in [2.05, 4.69) is 6.58 Å². The van der Waals surface area contributed by atoms with Gasteiger partial charge in [0.25, 0.3) is 0 Å². The minimum Gasteiger partial charge on any atom is -0.462 e. The highest BCUT2D eigenvalue weighted by Gasteiger charge is 2.83. The van der Waals surface area contributed by atoms with Crippen molar-refractivity contribution in [1.82, 2.24) is 0 Å². The molecular formula is C44H48O15. The van der Waals surface area contributed by atoms with Gasteiger partial charge in [-0.15, -0.1) is 0 Å². The molecule has 1 N–H and O–H groups in total. The molecule has 11 atom stereocenters. The zero-order valence-corrected chi connectivity index (χ0v) is 33.7. The summed E-state index contributed by atoms with van der Waals surface area (Å²) in [6.07, 6.45) is -6.44. The maximum Gasteiger partial charge on any atom is 0.338 e. The highest BCUT2D eigenvalue weighted by Crippen LogP contribution is 2.67. The minimum absolute atomic E-state index is 0.0318. The van der Waals surface area contributed by atoms with Crippen LogP contribution in [0.2, 0.25) is 0 Å². The number of carbonyl (C=O) groups excluding carboxylic acids is 7. The molecule has 15 nitrogen and oxygen atoms in total. The van der Waals surface area contributed by atoms with Gasteiger partial charge in [0.15, 0.2) is 23.6 Å². The van der Waals surface area contributed by atoms with Gasteiger partial charge in [0.05, 0.1) is 17.6 Å². The van der Waals surface area contributed by atoms with Gasteiger partial charge in [0, 0.05) is 63.9 Å². The average molecular weight is 817 g/mol. The van der Waals surface area contributed by atoms with E-state index in [1.807, 2.05) is 6.07 Å². The zero-order chi connectivity index (χ0) is 43.1. The topological polar surface area (TPSA) is 204 Å². The van der Waals surface area contributed by atoms with E-state index in [0.29, 0.717) is 5.56 Å². The van der Waals surface area contributed by atoms with E-state index in [1.165, 1.54) is 31.2 Å². The van der Waals surface area contributed by atoms with Crippen LogP contribution in [0.25, 0.3) is 6.08 Å².